The summed E-state index contributed by atoms with van der Waals surface area (Å²) >= 11 is 0. The van der Waals surface area contributed by atoms with Crippen LogP contribution in [-0.4, -0.2) is 61.6 Å². The maximum absolute atomic E-state index is 12.4. The van der Waals surface area contributed by atoms with E-state index >= 15 is 0 Å². The second-order valence-electron chi connectivity index (χ2n) is 6.90. The average molecular weight is 406 g/mol. The van der Waals surface area contributed by atoms with Gasteiger partial charge in [-0.05, 0) is 52.8 Å². The predicted molar refractivity (Wildman–Crippen MR) is 109 cm³/mol. The first-order valence-electron chi connectivity index (χ1n) is 9.85. The zero-order valence-corrected chi connectivity index (χ0v) is 17.4. The van der Waals surface area contributed by atoms with Gasteiger partial charge in [-0.3, -0.25) is 19.8 Å². The summed E-state index contributed by atoms with van der Waals surface area (Å²) in [5.41, 5.74) is 0.566. The molecule has 3 N–H and O–H groups in total. The van der Waals surface area contributed by atoms with Crippen LogP contribution >= 0.6 is 0 Å². The highest BCUT2D eigenvalue weighted by atomic mass is 16.5. The van der Waals surface area contributed by atoms with E-state index < -0.39 is 18.0 Å². The van der Waals surface area contributed by atoms with E-state index in [1.54, 1.807) is 37.1 Å². The number of benzene rings is 1. The van der Waals surface area contributed by atoms with Crippen molar-refractivity contribution >= 4 is 23.5 Å². The van der Waals surface area contributed by atoms with Crippen molar-refractivity contribution in [2.24, 2.45) is 0 Å². The Balaban J connectivity index is 1.87. The third-order valence-corrected chi connectivity index (χ3v) is 4.41. The van der Waals surface area contributed by atoms with Gasteiger partial charge >= 0.3 is 6.03 Å². The molecule has 4 amide bonds. The molecule has 1 aliphatic rings. The van der Waals surface area contributed by atoms with E-state index in [-0.39, 0.29) is 18.5 Å². The second-order valence-corrected chi connectivity index (χ2v) is 6.90. The van der Waals surface area contributed by atoms with Gasteiger partial charge in [0.25, 0.3) is 0 Å². The number of rotatable bonds is 10. The minimum absolute atomic E-state index is 0.0178. The number of amides is 4. The highest BCUT2D eigenvalue weighted by molar-refractivity contribution is 5.97. The van der Waals surface area contributed by atoms with Crippen LogP contribution in [0.15, 0.2) is 18.2 Å². The van der Waals surface area contributed by atoms with Gasteiger partial charge in [-0.25, -0.2) is 4.79 Å². The molecule has 1 aromatic rings. The number of hydrogen-bond acceptors (Lipinski definition) is 6. The number of hydrogen-bond donors (Lipinski definition) is 3. The minimum atomic E-state index is -0.648. The van der Waals surface area contributed by atoms with Crippen molar-refractivity contribution in [3.05, 3.63) is 18.2 Å². The molecule has 9 heteroatoms. The van der Waals surface area contributed by atoms with Crippen molar-refractivity contribution in [3.63, 3.8) is 0 Å². The summed E-state index contributed by atoms with van der Waals surface area (Å²) in [6, 6.07) is 4.18. The highest BCUT2D eigenvalue weighted by Crippen LogP contribution is 2.30. The van der Waals surface area contributed by atoms with Crippen molar-refractivity contribution in [1.82, 2.24) is 15.5 Å². The molecule has 160 valence electrons. The Hall–Kier alpha value is -2.81. The molecule has 9 nitrogen and oxygen atoms in total. The summed E-state index contributed by atoms with van der Waals surface area (Å²) in [5.74, 6) is 0.411. The van der Waals surface area contributed by atoms with Crippen LogP contribution in [0.4, 0.5) is 10.5 Å². The van der Waals surface area contributed by atoms with Crippen LogP contribution in [0.3, 0.4) is 0 Å². The molecule has 1 saturated carbocycles. The lowest BCUT2D eigenvalue weighted by molar-refractivity contribution is -0.125. The molecule has 1 aromatic carbocycles. The van der Waals surface area contributed by atoms with Crippen molar-refractivity contribution in [1.29, 1.82) is 0 Å². The first-order chi connectivity index (χ1) is 13.8. The topological polar surface area (TPSA) is 109 Å². The molecule has 0 aromatic heterocycles. The molecule has 0 heterocycles. The largest absolute Gasteiger partial charge is 0.490 e. The SMILES string of the molecule is CCOc1ccc(NC(=O)CN(C)[C@@H](C)C(=O)NC(=O)NC2CC2)cc1OCC. The minimum Gasteiger partial charge on any atom is -0.490 e. The molecule has 0 radical (unpaired) electrons. The van der Waals surface area contributed by atoms with Gasteiger partial charge in [0.1, 0.15) is 0 Å². The average Bonchev–Trinajstić information content (AvgIpc) is 3.47. The normalized spacial score (nSPS) is 14.1. The molecule has 0 bridgehead atoms. The summed E-state index contributed by atoms with van der Waals surface area (Å²) in [6.45, 7) is 6.35. The molecule has 0 unspecified atom stereocenters. The zero-order valence-electron chi connectivity index (χ0n) is 17.4. The third kappa shape index (κ3) is 7.26. The van der Waals surface area contributed by atoms with Gasteiger partial charge in [0.15, 0.2) is 11.5 Å². The van der Waals surface area contributed by atoms with Crippen LogP contribution in [0, 0.1) is 0 Å². The Bertz CT molecular complexity index is 736. The fourth-order valence-corrected chi connectivity index (χ4v) is 2.56. The van der Waals surface area contributed by atoms with Gasteiger partial charge in [0.05, 0.1) is 25.8 Å². The number of ether oxygens (including phenoxy) is 2. The van der Waals surface area contributed by atoms with E-state index in [4.69, 9.17) is 9.47 Å². The van der Waals surface area contributed by atoms with E-state index in [0.717, 1.165) is 12.8 Å². The highest BCUT2D eigenvalue weighted by Gasteiger charge is 2.26. The summed E-state index contributed by atoms with van der Waals surface area (Å²) < 4.78 is 11.1. The lowest BCUT2D eigenvalue weighted by atomic mass is 10.2. The number of imide groups is 1. The molecular weight excluding hydrogens is 376 g/mol. The number of anilines is 1. The van der Waals surface area contributed by atoms with Gasteiger partial charge in [-0.1, -0.05) is 0 Å². The molecule has 0 spiro atoms. The second kappa shape index (κ2) is 10.7. The molecule has 2 rings (SSSR count). The number of urea groups is 1. The maximum atomic E-state index is 12.4. The lowest BCUT2D eigenvalue weighted by Gasteiger charge is -2.23. The van der Waals surface area contributed by atoms with Gasteiger partial charge in [-0.15, -0.1) is 0 Å². The fraction of sp³-hybridized carbons (Fsp3) is 0.550. The third-order valence-electron chi connectivity index (χ3n) is 4.41. The Morgan fingerprint density at radius 2 is 1.79 bits per heavy atom. The first kappa shape index (κ1) is 22.5. The van der Waals surface area contributed by atoms with Crippen LogP contribution in [-0.2, 0) is 9.59 Å². The Morgan fingerprint density at radius 3 is 2.41 bits per heavy atom. The van der Waals surface area contributed by atoms with Crippen LogP contribution < -0.4 is 25.4 Å². The van der Waals surface area contributed by atoms with Crippen LogP contribution in [0.25, 0.3) is 0 Å². The summed E-state index contributed by atoms with van der Waals surface area (Å²) in [6.07, 6.45) is 1.88. The number of nitrogens with one attached hydrogen (secondary N) is 3. The van der Waals surface area contributed by atoms with Crippen LogP contribution in [0.2, 0.25) is 0 Å². The lowest BCUT2D eigenvalue weighted by Crippen LogP contribution is -2.50. The fourth-order valence-electron chi connectivity index (χ4n) is 2.56. The quantitative estimate of drug-likeness (QED) is 0.546. The monoisotopic (exact) mass is 406 g/mol. The number of nitrogens with zero attached hydrogens (tertiary/aromatic N) is 1. The van der Waals surface area contributed by atoms with E-state index in [2.05, 4.69) is 16.0 Å². The Kier molecular flexibility index (Phi) is 8.26. The summed E-state index contributed by atoms with van der Waals surface area (Å²) in [7, 11) is 1.65. The standard InChI is InChI=1S/C20H30N4O5/c1-5-28-16-10-9-15(11-17(16)29-6-2)21-18(25)12-24(4)13(3)19(26)23-20(27)22-14-7-8-14/h9-11,13-14H,5-8,12H2,1-4H3,(H,21,25)(H2,22,23,26,27)/t13-/m0/s1. The number of carbonyl (C=O) groups is 3. The molecule has 0 aliphatic heterocycles. The summed E-state index contributed by atoms with van der Waals surface area (Å²) in [4.78, 5) is 37.8. The van der Waals surface area contributed by atoms with Gasteiger partial charge in [0, 0.05) is 17.8 Å². The Morgan fingerprint density at radius 1 is 1.14 bits per heavy atom. The van der Waals surface area contributed by atoms with E-state index in [0.29, 0.717) is 30.4 Å². The maximum Gasteiger partial charge on any atom is 0.321 e. The molecule has 1 aliphatic carbocycles. The van der Waals surface area contributed by atoms with Gasteiger partial charge < -0.3 is 20.1 Å². The molecule has 0 saturated heterocycles. The van der Waals surface area contributed by atoms with Crippen molar-refractivity contribution < 1.29 is 23.9 Å². The summed E-state index contributed by atoms with van der Waals surface area (Å²) in [5, 5.41) is 7.77. The van der Waals surface area contributed by atoms with Crippen molar-refractivity contribution in [2.45, 2.75) is 45.7 Å². The first-order valence-corrected chi connectivity index (χ1v) is 9.85. The van der Waals surface area contributed by atoms with Crippen LogP contribution in [0.1, 0.15) is 33.6 Å². The molecule has 29 heavy (non-hydrogen) atoms. The van der Waals surface area contributed by atoms with E-state index in [9.17, 15) is 14.4 Å². The number of likely N-dealkylation sites (N-methyl/N-ethyl adjacent to an activating group) is 1. The van der Waals surface area contributed by atoms with E-state index in [1.807, 2.05) is 13.8 Å². The van der Waals surface area contributed by atoms with Crippen molar-refractivity contribution in [2.75, 3.05) is 32.1 Å². The zero-order chi connectivity index (χ0) is 21.4. The number of carbonyl (C=O) groups excluding carboxylic acids is 3. The van der Waals surface area contributed by atoms with Crippen molar-refractivity contribution in [3.8, 4) is 11.5 Å². The van der Waals surface area contributed by atoms with Crippen LogP contribution in [0.5, 0.6) is 11.5 Å². The Labute approximate surface area is 171 Å². The predicted octanol–water partition coefficient (Wildman–Crippen LogP) is 1.73. The molecule has 1 atom stereocenters. The van der Waals surface area contributed by atoms with Gasteiger partial charge in [0.2, 0.25) is 11.8 Å². The van der Waals surface area contributed by atoms with Gasteiger partial charge in [-0.2, -0.15) is 0 Å². The van der Waals surface area contributed by atoms with E-state index in [1.165, 1.54) is 0 Å². The molecular formula is C20H30N4O5. The smallest absolute Gasteiger partial charge is 0.321 e. The molecule has 1 fully saturated rings.